The summed E-state index contributed by atoms with van der Waals surface area (Å²) in [5.41, 5.74) is 13.7. The van der Waals surface area contributed by atoms with Crippen LogP contribution in [0.5, 0.6) is 5.75 Å². The number of aromatic nitrogens is 2. The molecule has 0 spiro atoms. The number of hydrogen-bond acceptors (Lipinski definition) is 11. The molecule has 2 aromatic heterocycles. The van der Waals surface area contributed by atoms with Gasteiger partial charge in [-0.25, -0.2) is 9.97 Å². The molecule has 13 nitrogen and oxygen atoms in total. The van der Waals surface area contributed by atoms with Gasteiger partial charge in [0, 0.05) is 119 Å². The number of fused-ring (bicyclic) bond motifs is 2. The van der Waals surface area contributed by atoms with Gasteiger partial charge in [-0.1, -0.05) is 84.9 Å². The van der Waals surface area contributed by atoms with Gasteiger partial charge in [0.05, 0.1) is 24.9 Å². The van der Waals surface area contributed by atoms with Crippen LogP contribution in [0, 0.1) is 0 Å². The van der Waals surface area contributed by atoms with Crippen LogP contribution < -0.4 is 25.2 Å². The molecule has 366 valence electrons. The topological polar surface area (TPSA) is 140 Å². The minimum atomic E-state index is -0.0977. The molecule has 2 saturated heterocycles. The van der Waals surface area contributed by atoms with Crippen molar-refractivity contribution in [1.82, 2.24) is 19.8 Å². The van der Waals surface area contributed by atoms with Gasteiger partial charge in [-0.15, -0.1) is 22.7 Å². The standard InChI is InChI=1S/C29H24N4O2S.C17H12N2OS.C12H16N2O2/c34-19-32-12-14-33(15-13-32)23-9-6-20(7-10-23)16-25-24-17-22(8-11-26(24)30-28(25)35)27-18-36-29(31-27)21-4-2-1-3-5-21;20-16-9-13-8-12(6-7-14(13)18-16)15-10-21-17(19-15)11-4-2-1-3-5-11;1-16-12-4-2-11(3-5-12)14-8-6-13(10-15)7-9-14/h1-11,16-19H,12-15H2,(H,30,35);1-8,10H,9H2,(H,18,20);2-5,10H,6-9H2,1H3/b25-16-;;. The zero-order chi connectivity index (χ0) is 50.1. The maximum atomic E-state index is 12.8. The molecule has 0 aliphatic carbocycles. The van der Waals surface area contributed by atoms with Gasteiger partial charge in [-0.05, 0) is 77.9 Å². The van der Waals surface area contributed by atoms with Crippen molar-refractivity contribution in [2.24, 2.45) is 0 Å². The molecule has 4 aliphatic heterocycles. The number of nitrogens with zero attached hydrogens (tertiary/aromatic N) is 6. The number of benzene rings is 6. The minimum absolute atomic E-state index is 0.0606. The van der Waals surface area contributed by atoms with Crippen molar-refractivity contribution in [3.63, 3.8) is 0 Å². The minimum Gasteiger partial charge on any atom is -0.497 e. The van der Waals surface area contributed by atoms with Crippen LogP contribution in [0.15, 0.2) is 156 Å². The predicted octanol–water partition coefficient (Wildman–Crippen LogP) is 10.2. The molecule has 15 heteroatoms. The van der Waals surface area contributed by atoms with Crippen LogP contribution in [0.3, 0.4) is 0 Å². The van der Waals surface area contributed by atoms with E-state index in [1.165, 1.54) is 5.69 Å². The van der Waals surface area contributed by atoms with Crippen molar-refractivity contribution >= 4 is 81.7 Å². The predicted molar refractivity (Wildman–Crippen MR) is 294 cm³/mol. The smallest absolute Gasteiger partial charge is 0.256 e. The fourth-order valence-electron chi connectivity index (χ4n) is 9.03. The molecule has 2 fully saturated rings. The van der Waals surface area contributed by atoms with Gasteiger partial charge in [0.25, 0.3) is 5.91 Å². The Morgan fingerprint density at radius 2 is 1.05 bits per heavy atom. The molecule has 73 heavy (non-hydrogen) atoms. The van der Waals surface area contributed by atoms with Crippen molar-refractivity contribution in [2.75, 3.05) is 79.9 Å². The Balaban J connectivity index is 0.000000139. The number of ether oxygens (including phenoxy) is 1. The molecule has 4 aliphatic rings. The van der Waals surface area contributed by atoms with Crippen LogP contribution in [0.4, 0.5) is 22.7 Å². The third-order valence-electron chi connectivity index (χ3n) is 13.1. The average Bonchev–Trinajstić information content (AvgIpc) is 4.29. The summed E-state index contributed by atoms with van der Waals surface area (Å²) in [6.07, 6.45) is 4.23. The van der Waals surface area contributed by atoms with Crippen molar-refractivity contribution in [1.29, 1.82) is 0 Å². The highest BCUT2D eigenvalue weighted by atomic mass is 32.1. The Labute approximate surface area is 432 Å². The number of hydrogen-bond donors (Lipinski definition) is 2. The van der Waals surface area contributed by atoms with Gasteiger partial charge in [0.15, 0.2) is 0 Å². The van der Waals surface area contributed by atoms with E-state index >= 15 is 0 Å². The first-order chi connectivity index (χ1) is 35.8. The highest BCUT2D eigenvalue weighted by molar-refractivity contribution is 7.13. The summed E-state index contributed by atoms with van der Waals surface area (Å²) in [4.78, 5) is 63.5. The summed E-state index contributed by atoms with van der Waals surface area (Å²) in [5, 5.41) is 11.9. The average molecular weight is 1010 g/mol. The highest BCUT2D eigenvalue weighted by Crippen LogP contribution is 2.38. The van der Waals surface area contributed by atoms with Gasteiger partial charge in [0.1, 0.15) is 15.8 Å². The van der Waals surface area contributed by atoms with E-state index in [1.54, 1.807) is 39.6 Å². The number of thiazole rings is 2. The monoisotopic (exact) mass is 1000 g/mol. The Morgan fingerprint density at radius 1 is 0.548 bits per heavy atom. The number of methoxy groups -OCH3 is 1. The van der Waals surface area contributed by atoms with Crippen LogP contribution in [-0.4, -0.2) is 104 Å². The Morgan fingerprint density at radius 3 is 1.58 bits per heavy atom. The molecule has 0 unspecified atom stereocenters. The van der Waals surface area contributed by atoms with E-state index in [9.17, 15) is 19.2 Å². The second-order valence-electron chi connectivity index (χ2n) is 17.7. The molecular weight excluding hydrogens is 953 g/mol. The van der Waals surface area contributed by atoms with Crippen molar-refractivity contribution in [3.05, 3.63) is 173 Å². The van der Waals surface area contributed by atoms with Gasteiger partial charge >= 0.3 is 0 Å². The first kappa shape index (κ1) is 48.2. The third-order valence-corrected chi connectivity index (χ3v) is 14.9. The molecule has 2 N–H and O–H groups in total. The molecule has 0 saturated carbocycles. The van der Waals surface area contributed by atoms with Gasteiger partial charge in [-0.2, -0.15) is 0 Å². The third kappa shape index (κ3) is 11.4. The lowest BCUT2D eigenvalue weighted by atomic mass is 10.0. The van der Waals surface area contributed by atoms with Crippen LogP contribution >= 0.6 is 22.7 Å². The molecule has 0 bridgehead atoms. The van der Waals surface area contributed by atoms with E-state index in [0.29, 0.717) is 12.0 Å². The van der Waals surface area contributed by atoms with E-state index in [0.717, 1.165) is 148 Å². The van der Waals surface area contributed by atoms with Crippen LogP contribution in [0.25, 0.3) is 55.3 Å². The van der Waals surface area contributed by atoms with Crippen molar-refractivity contribution in [3.8, 4) is 49.4 Å². The van der Waals surface area contributed by atoms with E-state index in [4.69, 9.17) is 14.7 Å². The summed E-state index contributed by atoms with van der Waals surface area (Å²) in [6.45, 7) is 6.50. The van der Waals surface area contributed by atoms with Crippen LogP contribution in [0.2, 0.25) is 0 Å². The summed E-state index contributed by atoms with van der Waals surface area (Å²) < 4.78 is 5.12. The molecule has 6 heterocycles. The van der Waals surface area contributed by atoms with Gasteiger partial charge in [0.2, 0.25) is 18.7 Å². The number of anilines is 4. The molecule has 8 aromatic rings. The number of amides is 4. The Hall–Kier alpha value is -8.40. The van der Waals surface area contributed by atoms with Gasteiger partial charge in [-0.3, -0.25) is 19.2 Å². The zero-order valence-electron chi connectivity index (χ0n) is 40.1. The van der Waals surface area contributed by atoms with E-state index in [-0.39, 0.29) is 11.8 Å². The molecule has 4 amide bonds. The molecular formula is C58H52N8O5S2. The van der Waals surface area contributed by atoms with Crippen LogP contribution in [-0.2, 0) is 25.6 Å². The summed E-state index contributed by atoms with van der Waals surface area (Å²) in [6, 6.07) is 48.6. The molecule has 0 atom stereocenters. The second kappa shape index (κ2) is 22.4. The number of nitrogens with one attached hydrogen (secondary N) is 2. The Bertz CT molecular complexity index is 3250. The molecule has 12 rings (SSSR count). The number of rotatable bonds is 10. The SMILES string of the molecule is COc1ccc(N2CCN(C=O)CC2)cc1.O=C1Cc2cc(-c3csc(-c4ccccc4)n3)ccc2N1.O=CN1CCN(c2ccc(/C=C3\C(=O)Nc4ccc(-c5csc(-c6ccccc6)n5)cc43)cc2)CC1. The van der Waals surface area contributed by atoms with E-state index in [1.807, 2.05) is 97.1 Å². The van der Waals surface area contributed by atoms with Crippen molar-refractivity contribution < 1.29 is 23.9 Å². The lowest BCUT2D eigenvalue weighted by Crippen LogP contribution is -2.45. The lowest BCUT2D eigenvalue weighted by Gasteiger charge is -2.34. The first-order valence-corrected chi connectivity index (χ1v) is 25.8. The molecule has 0 radical (unpaired) electrons. The van der Waals surface area contributed by atoms with Gasteiger partial charge < -0.3 is 35.0 Å². The first-order valence-electron chi connectivity index (χ1n) is 24.1. The maximum Gasteiger partial charge on any atom is 0.256 e. The fraction of sp³-hybridized carbons (Fsp3) is 0.172. The fourth-order valence-corrected chi connectivity index (χ4v) is 10.7. The van der Waals surface area contributed by atoms with Crippen molar-refractivity contribution in [2.45, 2.75) is 6.42 Å². The number of carbonyl (C=O) groups excluding carboxylic acids is 4. The highest BCUT2D eigenvalue weighted by Gasteiger charge is 2.26. The van der Waals surface area contributed by atoms with Crippen LogP contribution in [0.1, 0.15) is 16.7 Å². The lowest BCUT2D eigenvalue weighted by molar-refractivity contribution is -0.119. The summed E-state index contributed by atoms with van der Waals surface area (Å²) in [5.74, 6) is 0.833. The quantitative estimate of drug-likeness (QED) is 0.101. The number of piperazine rings is 2. The number of carbonyl (C=O) groups is 4. The van der Waals surface area contributed by atoms with E-state index < -0.39 is 0 Å². The molecule has 6 aromatic carbocycles. The summed E-state index contributed by atoms with van der Waals surface area (Å²) in [7, 11) is 1.66. The maximum absolute atomic E-state index is 12.8. The largest absolute Gasteiger partial charge is 0.497 e. The normalized spacial score (nSPS) is 15.3. The second-order valence-corrected chi connectivity index (χ2v) is 19.4. The van der Waals surface area contributed by atoms with E-state index in [2.05, 4.69) is 85.8 Å². The summed E-state index contributed by atoms with van der Waals surface area (Å²) >= 11 is 3.25. The Kier molecular flexibility index (Phi) is 14.8. The zero-order valence-corrected chi connectivity index (χ0v) is 41.8.